The largest absolute Gasteiger partial charge is 0.378 e. The minimum Gasteiger partial charge on any atom is -0.378 e. The van der Waals surface area contributed by atoms with Gasteiger partial charge < -0.3 is 9.64 Å². The molecule has 0 N–H and O–H groups in total. The van der Waals surface area contributed by atoms with Crippen LogP contribution in [0.4, 0.5) is 0 Å². The second-order valence-electron chi connectivity index (χ2n) is 7.89. The number of amides is 1. The number of ether oxygens (including phenoxy) is 1. The first-order valence-corrected chi connectivity index (χ1v) is 11.5. The molecule has 1 amide bonds. The zero-order valence-corrected chi connectivity index (χ0v) is 17.3. The minimum absolute atomic E-state index is 0.291. The van der Waals surface area contributed by atoms with Crippen LogP contribution in [0.2, 0.25) is 5.02 Å². The minimum atomic E-state index is 0.291. The standard InChI is InChI=1S/C22H28ClNO2S/c23-18-7-5-17(6-8-18)19-3-1-2-4-20(19)21-13-16(15-27-21)14-22(25)24-9-11-26-12-10-24/h5-8,13,16,19-20H,1-4,9-12,14-15H2. The first-order valence-electron chi connectivity index (χ1n) is 10.2. The zero-order chi connectivity index (χ0) is 18.6. The number of thioether (sulfide) groups is 1. The van der Waals surface area contributed by atoms with Crippen molar-refractivity contribution < 1.29 is 9.53 Å². The molecule has 146 valence electrons. The zero-order valence-electron chi connectivity index (χ0n) is 15.7. The summed E-state index contributed by atoms with van der Waals surface area (Å²) in [4.78, 5) is 16.1. The van der Waals surface area contributed by atoms with Gasteiger partial charge in [-0.3, -0.25) is 4.79 Å². The average molecular weight is 406 g/mol. The van der Waals surface area contributed by atoms with E-state index in [4.69, 9.17) is 16.3 Å². The molecule has 2 heterocycles. The number of carbonyl (C=O) groups excluding carboxylic acids is 1. The van der Waals surface area contributed by atoms with Gasteiger partial charge in [0.15, 0.2) is 0 Å². The summed E-state index contributed by atoms with van der Waals surface area (Å²) in [5, 5.41) is 0.808. The molecule has 0 bridgehead atoms. The van der Waals surface area contributed by atoms with Crippen LogP contribution < -0.4 is 0 Å². The molecule has 1 aromatic rings. The van der Waals surface area contributed by atoms with Crippen molar-refractivity contribution in [1.29, 1.82) is 0 Å². The number of carbonyl (C=O) groups is 1. The molecule has 3 atom stereocenters. The Hall–Kier alpha value is -0.970. The van der Waals surface area contributed by atoms with E-state index in [1.165, 1.54) is 36.2 Å². The molecular weight excluding hydrogens is 378 g/mol. The van der Waals surface area contributed by atoms with Crippen molar-refractivity contribution >= 4 is 29.3 Å². The van der Waals surface area contributed by atoms with E-state index in [1.54, 1.807) is 0 Å². The van der Waals surface area contributed by atoms with E-state index >= 15 is 0 Å². The molecule has 1 aliphatic carbocycles. The Bertz CT molecular complexity index is 684. The Morgan fingerprint density at radius 3 is 2.56 bits per heavy atom. The molecule has 4 rings (SSSR count). The van der Waals surface area contributed by atoms with Crippen LogP contribution in [-0.4, -0.2) is 42.9 Å². The van der Waals surface area contributed by atoms with Gasteiger partial charge in [-0.05, 0) is 53.2 Å². The Morgan fingerprint density at radius 2 is 1.81 bits per heavy atom. The molecule has 27 heavy (non-hydrogen) atoms. The van der Waals surface area contributed by atoms with E-state index in [0.717, 1.165) is 23.9 Å². The molecular formula is C22H28ClNO2S. The molecule has 1 saturated carbocycles. The molecule has 2 aliphatic heterocycles. The Labute approximate surface area is 171 Å². The van der Waals surface area contributed by atoms with Gasteiger partial charge in [0.2, 0.25) is 5.91 Å². The molecule has 3 nitrogen and oxygen atoms in total. The molecule has 1 aromatic carbocycles. The van der Waals surface area contributed by atoms with Gasteiger partial charge in [-0.2, -0.15) is 0 Å². The number of rotatable bonds is 4. The topological polar surface area (TPSA) is 29.5 Å². The van der Waals surface area contributed by atoms with Crippen LogP contribution in [0.15, 0.2) is 35.2 Å². The lowest BCUT2D eigenvalue weighted by molar-refractivity contribution is -0.135. The number of halogens is 1. The Balaban J connectivity index is 1.42. The van der Waals surface area contributed by atoms with Crippen molar-refractivity contribution in [2.45, 2.75) is 38.0 Å². The molecule has 3 aliphatic rings. The van der Waals surface area contributed by atoms with E-state index in [9.17, 15) is 4.79 Å². The highest BCUT2D eigenvalue weighted by atomic mass is 35.5. The van der Waals surface area contributed by atoms with Crippen molar-refractivity contribution in [2.24, 2.45) is 11.8 Å². The monoisotopic (exact) mass is 405 g/mol. The first kappa shape index (κ1) is 19.4. The first-order chi connectivity index (χ1) is 13.2. The molecule has 3 unspecified atom stereocenters. The van der Waals surface area contributed by atoms with Gasteiger partial charge in [-0.25, -0.2) is 0 Å². The summed E-state index contributed by atoms with van der Waals surface area (Å²) in [6.07, 6.45) is 8.19. The van der Waals surface area contributed by atoms with E-state index in [0.29, 0.717) is 43.3 Å². The highest BCUT2D eigenvalue weighted by Crippen LogP contribution is 2.48. The third-order valence-electron chi connectivity index (χ3n) is 6.09. The molecule has 5 heteroatoms. The smallest absolute Gasteiger partial charge is 0.223 e. The molecule has 0 aromatic heterocycles. The predicted octanol–water partition coefficient (Wildman–Crippen LogP) is 5.11. The van der Waals surface area contributed by atoms with Crippen LogP contribution in [-0.2, 0) is 9.53 Å². The average Bonchev–Trinajstić information content (AvgIpc) is 3.17. The van der Waals surface area contributed by atoms with Crippen molar-refractivity contribution in [2.75, 3.05) is 32.1 Å². The summed E-state index contributed by atoms with van der Waals surface area (Å²) < 4.78 is 5.36. The van der Waals surface area contributed by atoms with Crippen molar-refractivity contribution in [1.82, 2.24) is 4.90 Å². The lowest BCUT2D eigenvalue weighted by Gasteiger charge is -2.32. The van der Waals surface area contributed by atoms with Crippen LogP contribution in [0.3, 0.4) is 0 Å². The van der Waals surface area contributed by atoms with Crippen LogP contribution in [0.25, 0.3) is 0 Å². The van der Waals surface area contributed by atoms with E-state index in [-0.39, 0.29) is 0 Å². The summed E-state index contributed by atoms with van der Waals surface area (Å²) in [6, 6.07) is 8.43. The third-order valence-corrected chi connectivity index (χ3v) is 7.71. The van der Waals surface area contributed by atoms with Gasteiger partial charge >= 0.3 is 0 Å². The predicted molar refractivity (Wildman–Crippen MR) is 112 cm³/mol. The highest BCUT2D eigenvalue weighted by molar-refractivity contribution is 8.03. The second kappa shape index (κ2) is 9.02. The normalized spacial score (nSPS) is 28.9. The summed E-state index contributed by atoms with van der Waals surface area (Å²) in [5.74, 6) is 2.92. The van der Waals surface area contributed by atoms with Gasteiger partial charge in [0.05, 0.1) is 13.2 Å². The van der Waals surface area contributed by atoms with E-state index < -0.39 is 0 Å². The Morgan fingerprint density at radius 1 is 1.11 bits per heavy atom. The maximum atomic E-state index is 12.6. The summed E-state index contributed by atoms with van der Waals surface area (Å²) in [6.45, 7) is 2.85. The maximum absolute atomic E-state index is 12.6. The number of hydrogen-bond donors (Lipinski definition) is 0. The van der Waals surface area contributed by atoms with Gasteiger partial charge in [-0.1, -0.05) is 42.7 Å². The second-order valence-corrected chi connectivity index (χ2v) is 9.42. The highest BCUT2D eigenvalue weighted by Gasteiger charge is 2.33. The number of hydrogen-bond acceptors (Lipinski definition) is 3. The number of nitrogens with zero attached hydrogens (tertiary/aromatic N) is 1. The maximum Gasteiger partial charge on any atom is 0.223 e. The summed E-state index contributed by atoms with van der Waals surface area (Å²) in [7, 11) is 0. The van der Waals surface area contributed by atoms with Crippen molar-refractivity contribution in [3.05, 3.63) is 45.8 Å². The summed E-state index contributed by atoms with van der Waals surface area (Å²) >= 11 is 8.07. The summed E-state index contributed by atoms with van der Waals surface area (Å²) in [5.41, 5.74) is 1.42. The van der Waals surface area contributed by atoms with Gasteiger partial charge in [-0.15, -0.1) is 11.8 Å². The lowest BCUT2D eigenvalue weighted by atomic mass is 9.75. The molecule has 1 saturated heterocycles. The molecule has 2 fully saturated rings. The van der Waals surface area contributed by atoms with Crippen molar-refractivity contribution in [3.63, 3.8) is 0 Å². The van der Waals surface area contributed by atoms with Gasteiger partial charge in [0.1, 0.15) is 0 Å². The van der Waals surface area contributed by atoms with Gasteiger partial charge in [0, 0.05) is 30.3 Å². The third kappa shape index (κ3) is 4.72. The Kier molecular flexibility index (Phi) is 6.46. The van der Waals surface area contributed by atoms with E-state index in [1.807, 2.05) is 28.8 Å². The van der Waals surface area contributed by atoms with Crippen molar-refractivity contribution in [3.8, 4) is 0 Å². The van der Waals surface area contributed by atoms with Gasteiger partial charge in [0.25, 0.3) is 0 Å². The van der Waals surface area contributed by atoms with Crippen LogP contribution in [0.5, 0.6) is 0 Å². The fourth-order valence-corrected chi connectivity index (χ4v) is 6.16. The van der Waals surface area contributed by atoms with Crippen LogP contribution in [0.1, 0.15) is 43.6 Å². The van der Waals surface area contributed by atoms with Crippen LogP contribution >= 0.6 is 23.4 Å². The SMILES string of the molecule is O=C(CC1C=C(C2CCCCC2c2ccc(Cl)cc2)SC1)N1CCOCC1. The number of morpholine rings is 1. The lowest BCUT2D eigenvalue weighted by Crippen LogP contribution is -2.41. The fourth-order valence-electron chi connectivity index (χ4n) is 4.63. The van der Waals surface area contributed by atoms with Crippen LogP contribution in [0, 0.1) is 11.8 Å². The van der Waals surface area contributed by atoms with E-state index in [2.05, 4.69) is 18.2 Å². The number of benzene rings is 1. The fraction of sp³-hybridized carbons (Fsp3) is 0.591. The quantitative estimate of drug-likeness (QED) is 0.697. The molecule has 0 radical (unpaired) electrons. The molecule has 0 spiro atoms. The number of allylic oxidation sites excluding steroid dienone is 2.